The number of anilines is 2. The number of carbonyl (C=O) groups is 2. The molecule has 0 radical (unpaired) electrons. The van der Waals surface area contributed by atoms with Crippen LogP contribution in [0.3, 0.4) is 0 Å². The molecule has 33 heavy (non-hydrogen) atoms. The van der Waals surface area contributed by atoms with Gasteiger partial charge in [0.05, 0.1) is 15.9 Å². The van der Waals surface area contributed by atoms with Crippen LogP contribution in [0.5, 0.6) is 11.5 Å². The molecule has 1 heterocycles. The van der Waals surface area contributed by atoms with Crippen molar-refractivity contribution in [3.63, 3.8) is 0 Å². The SMILES string of the molecule is C=CCOC(=O)Nc1nc2ccc(Oc3ccc(F)c(NC(=O)C(F)(F)F)c3)c(C#N)c2s1. The molecule has 0 aliphatic rings. The normalized spacial score (nSPS) is 10.9. The van der Waals surface area contributed by atoms with Crippen molar-refractivity contribution in [2.24, 2.45) is 0 Å². The average Bonchev–Trinajstić information content (AvgIpc) is 3.16. The maximum Gasteiger partial charge on any atom is 0.471 e. The number of halogens is 4. The summed E-state index contributed by atoms with van der Waals surface area (Å²) in [6.07, 6.45) is -4.60. The Hall–Kier alpha value is -4.18. The van der Waals surface area contributed by atoms with Gasteiger partial charge in [0, 0.05) is 6.07 Å². The number of nitrogens with zero attached hydrogens (tertiary/aromatic N) is 2. The van der Waals surface area contributed by atoms with E-state index in [1.165, 1.54) is 23.5 Å². The van der Waals surface area contributed by atoms with Gasteiger partial charge in [0.2, 0.25) is 0 Å². The Morgan fingerprint density at radius 2 is 2.00 bits per heavy atom. The minimum absolute atomic E-state index is 0.00543. The second-order valence-corrected chi connectivity index (χ2v) is 7.12. The second kappa shape index (κ2) is 9.53. The molecule has 0 saturated carbocycles. The Balaban J connectivity index is 1.88. The highest BCUT2D eigenvalue weighted by Gasteiger charge is 2.39. The fraction of sp³-hybridized carbons (Fsp3) is 0.100. The molecule has 3 aromatic rings. The van der Waals surface area contributed by atoms with Crippen LogP contribution in [0.4, 0.5) is 33.2 Å². The van der Waals surface area contributed by atoms with Crippen molar-refractivity contribution < 1.29 is 36.6 Å². The average molecular weight is 480 g/mol. The molecule has 2 N–H and O–H groups in total. The number of ether oxygens (including phenoxy) is 2. The number of nitriles is 1. The summed E-state index contributed by atoms with van der Waals surface area (Å²) in [6.45, 7) is 3.40. The number of fused-ring (bicyclic) bond motifs is 1. The van der Waals surface area contributed by atoms with Crippen molar-refractivity contribution in [1.82, 2.24) is 4.98 Å². The Kier molecular flexibility index (Phi) is 6.78. The van der Waals surface area contributed by atoms with E-state index in [0.717, 1.165) is 29.5 Å². The largest absolute Gasteiger partial charge is 0.471 e. The van der Waals surface area contributed by atoms with Gasteiger partial charge >= 0.3 is 18.2 Å². The fourth-order valence-corrected chi connectivity index (χ4v) is 3.40. The van der Waals surface area contributed by atoms with E-state index in [4.69, 9.17) is 9.47 Å². The molecular weight excluding hydrogens is 468 g/mol. The van der Waals surface area contributed by atoms with Crippen LogP contribution in [-0.4, -0.2) is 29.8 Å². The molecule has 0 aliphatic heterocycles. The topological polar surface area (TPSA) is 113 Å². The molecule has 1 aromatic heterocycles. The Labute approximate surface area is 187 Å². The Morgan fingerprint density at radius 3 is 2.67 bits per heavy atom. The number of alkyl halides is 3. The van der Waals surface area contributed by atoms with E-state index in [1.54, 1.807) is 0 Å². The van der Waals surface area contributed by atoms with Crippen molar-refractivity contribution >= 4 is 44.4 Å². The number of benzene rings is 2. The van der Waals surface area contributed by atoms with Crippen LogP contribution in [0.25, 0.3) is 10.2 Å². The van der Waals surface area contributed by atoms with Gasteiger partial charge in [-0.05, 0) is 24.3 Å². The number of hydrogen-bond donors (Lipinski definition) is 2. The number of thiazole rings is 1. The van der Waals surface area contributed by atoms with E-state index in [0.29, 0.717) is 10.2 Å². The number of rotatable bonds is 6. The number of nitrogens with one attached hydrogen (secondary N) is 2. The second-order valence-electron chi connectivity index (χ2n) is 6.13. The molecule has 170 valence electrons. The third-order valence-electron chi connectivity index (χ3n) is 3.84. The van der Waals surface area contributed by atoms with Crippen LogP contribution in [0.15, 0.2) is 43.0 Å². The van der Waals surface area contributed by atoms with Gasteiger partial charge in [-0.2, -0.15) is 18.4 Å². The molecule has 0 fully saturated rings. The van der Waals surface area contributed by atoms with E-state index >= 15 is 0 Å². The highest BCUT2D eigenvalue weighted by atomic mass is 32.1. The van der Waals surface area contributed by atoms with Crippen LogP contribution in [-0.2, 0) is 9.53 Å². The number of amides is 2. The summed E-state index contributed by atoms with van der Waals surface area (Å²) in [5.74, 6) is -3.61. The number of carbonyl (C=O) groups excluding carboxylic acids is 2. The van der Waals surface area contributed by atoms with E-state index < -0.39 is 29.7 Å². The third-order valence-corrected chi connectivity index (χ3v) is 4.85. The minimum Gasteiger partial charge on any atom is -0.456 e. The van der Waals surface area contributed by atoms with E-state index in [-0.39, 0.29) is 28.8 Å². The summed E-state index contributed by atoms with van der Waals surface area (Å²) >= 11 is 0.958. The molecule has 3 rings (SSSR count). The monoisotopic (exact) mass is 480 g/mol. The molecule has 2 aromatic carbocycles. The molecule has 0 unspecified atom stereocenters. The van der Waals surface area contributed by atoms with Gasteiger partial charge in [0.1, 0.15) is 35.6 Å². The van der Waals surface area contributed by atoms with E-state index in [1.807, 2.05) is 6.07 Å². The van der Waals surface area contributed by atoms with Crippen LogP contribution in [0, 0.1) is 17.1 Å². The molecule has 8 nitrogen and oxygen atoms in total. The predicted molar refractivity (Wildman–Crippen MR) is 111 cm³/mol. The molecule has 0 atom stereocenters. The zero-order valence-electron chi connectivity index (χ0n) is 16.3. The van der Waals surface area contributed by atoms with Crippen molar-refractivity contribution in [2.75, 3.05) is 17.2 Å². The highest BCUT2D eigenvalue weighted by molar-refractivity contribution is 7.22. The zero-order chi connectivity index (χ0) is 24.2. The van der Waals surface area contributed by atoms with Crippen molar-refractivity contribution in [3.05, 3.63) is 54.4 Å². The van der Waals surface area contributed by atoms with Crippen molar-refractivity contribution in [1.29, 1.82) is 5.26 Å². The summed E-state index contributed by atoms with van der Waals surface area (Å²) in [6, 6.07) is 7.55. The van der Waals surface area contributed by atoms with Crippen molar-refractivity contribution in [3.8, 4) is 17.6 Å². The Morgan fingerprint density at radius 1 is 1.24 bits per heavy atom. The zero-order valence-corrected chi connectivity index (χ0v) is 17.1. The first kappa shape index (κ1) is 23.5. The first-order valence-corrected chi connectivity index (χ1v) is 9.68. The summed E-state index contributed by atoms with van der Waals surface area (Å²) in [7, 11) is 0. The van der Waals surface area contributed by atoms with E-state index in [2.05, 4.69) is 16.9 Å². The maximum atomic E-state index is 13.8. The molecule has 2 amide bonds. The number of aromatic nitrogens is 1. The van der Waals surface area contributed by atoms with Gasteiger partial charge < -0.3 is 14.8 Å². The van der Waals surface area contributed by atoms with Gasteiger partial charge in [-0.3, -0.25) is 10.1 Å². The summed E-state index contributed by atoms with van der Waals surface area (Å²) in [5, 5.41) is 13.6. The summed E-state index contributed by atoms with van der Waals surface area (Å²) in [5.41, 5.74) is -0.375. The van der Waals surface area contributed by atoms with Crippen LogP contribution >= 0.6 is 11.3 Å². The lowest BCUT2D eigenvalue weighted by atomic mass is 10.2. The summed E-state index contributed by atoms with van der Waals surface area (Å²) < 4.78 is 61.9. The van der Waals surface area contributed by atoms with Gasteiger partial charge in [0.15, 0.2) is 5.13 Å². The van der Waals surface area contributed by atoms with Gasteiger partial charge in [-0.25, -0.2) is 14.2 Å². The van der Waals surface area contributed by atoms with Gasteiger partial charge in [-0.1, -0.05) is 24.0 Å². The van der Waals surface area contributed by atoms with E-state index in [9.17, 15) is 32.4 Å². The van der Waals surface area contributed by atoms with Crippen molar-refractivity contribution in [2.45, 2.75) is 6.18 Å². The highest BCUT2D eigenvalue weighted by Crippen LogP contribution is 2.36. The number of hydrogen-bond acceptors (Lipinski definition) is 7. The first-order valence-electron chi connectivity index (χ1n) is 8.86. The van der Waals surface area contributed by atoms with Crippen LogP contribution in [0.2, 0.25) is 0 Å². The lowest BCUT2D eigenvalue weighted by Gasteiger charge is -2.12. The first-order chi connectivity index (χ1) is 15.6. The summed E-state index contributed by atoms with van der Waals surface area (Å²) in [4.78, 5) is 26.9. The molecule has 0 saturated heterocycles. The van der Waals surface area contributed by atoms with Crippen LogP contribution < -0.4 is 15.4 Å². The van der Waals surface area contributed by atoms with Gasteiger partial charge in [-0.15, -0.1) is 0 Å². The standard InChI is InChI=1S/C20H12F4N4O4S/c1-2-7-31-19(30)28-18-27-13-5-6-15(11(9-25)16(13)33-18)32-10-3-4-12(21)14(8-10)26-17(29)20(22,23)24/h2-6,8H,1,7H2,(H,26,29)(H,27,28,30). The maximum absolute atomic E-state index is 13.8. The fourth-order valence-electron chi connectivity index (χ4n) is 2.46. The Bertz CT molecular complexity index is 1280. The lowest BCUT2D eigenvalue weighted by Crippen LogP contribution is -2.30. The predicted octanol–water partition coefficient (Wildman–Crippen LogP) is 5.33. The smallest absolute Gasteiger partial charge is 0.456 e. The molecule has 0 spiro atoms. The minimum atomic E-state index is -5.21. The quantitative estimate of drug-likeness (QED) is 0.364. The molecule has 13 heteroatoms. The van der Waals surface area contributed by atoms with Gasteiger partial charge in [0.25, 0.3) is 0 Å². The molecule has 0 aliphatic carbocycles. The third kappa shape index (κ3) is 5.55. The van der Waals surface area contributed by atoms with Crippen LogP contribution in [0.1, 0.15) is 5.56 Å². The lowest BCUT2D eigenvalue weighted by molar-refractivity contribution is -0.167. The molecule has 0 bridgehead atoms. The molecular formula is C20H12F4N4O4S.